The molecule has 0 atom stereocenters. The lowest BCUT2D eigenvalue weighted by molar-refractivity contribution is -0.123. The molecular weight excluding hydrogens is 384 g/mol. The first-order chi connectivity index (χ1) is 13.2. The van der Waals surface area contributed by atoms with Crippen molar-refractivity contribution in [2.75, 3.05) is 19.6 Å². The molecule has 2 N–H and O–H groups in total. The smallest absolute Gasteiger partial charge is 0.290 e. The average molecular weight is 411 g/mol. The van der Waals surface area contributed by atoms with Crippen molar-refractivity contribution in [3.8, 4) is 0 Å². The van der Waals surface area contributed by atoms with Crippen LogP contribution in [0.1, 0.15) is 33.7 Å². The first-order valence-electron chi connectivity index (χ1n) is 8.92. The summed E-state index contributed by atoms with van der Waals surface area (Å²) in [4.78, 5) is 25.0. The quantitative estimate of drug-likeness (QED) is 0.752. The van der Waals surface area contributed by atoms with Crippen molar-refractivity contribution in [3.05, 3.63) is 43.8 Å². The van der Waals surface area contributed by atoms with E-state index in [0.29, 0.717) is 0 Å². The molecule has 8 heteroatoms. The van der Waals surface area contributed by atoms with Gasteiger partial charge in [0.2, 0.25) is 0 Å². The van der Waals surface area contributed by atoms with E-state index in [4.69, 9.17) is 19.8 Å². The number of fused-ring (bicyclic) bond motifs is 1. The number of thiophene rings is 2. The van der Waals surface area contributed by atoms with E-state index in [-0.39, 0.29) is 12.9 Å². The molecule has 0 saturated carbocycles. The predicted octanol–water partition coefficient (Wildman–Crippen LogP) is 3.37. The minimum absolute atomic E-state index is 0.250. The fourth-order valence-corrected chi connectivity index (χ4v) is 5.26. The normalized spacial score (nSPS) is 16.4. The van der Waals surface area contributed by atoms with Crippen molar-refractivity contribution in [1.82, 2.24) is 9.80 Å². The Labute approximate surface area is 167 Å². The van der Waals surface area contributed by atoms with Crippen LogP contribution >= 0.6 is 22.7 Å². The van der Waals surface area contributed by atoms with E-state index in [1.165, 1.54) is 49.3 Å². The van der Waals surface area contributed by atoms with Crippen LogP contribution in [-0.2, 0) is 35.6 Å². The second-order valence-corrected chi connectivity index (χ2v) is 8.44. The molecule has 0 amide bonds. The molecule has 2 aliphatic rings. The van der Waals surface area contributed by atoms with E-state index in [1.807, 2.05) is 22.7 Å². The number of carbonyl (C=O) groups is 2. The van der Waals surface area contributed by atoms with Crippen LogP contribution in [0.2, 0.25) is 0 Å². The zero-order chi connectivity index (χ0) is 19.5. The van der Waals surface area contributed by atoms with Gasteiger partial charge in [0.1, 0.15) is 0 Å². The summed E-state index contributed by atoms with van der Waals surface area (Å²) in [5.41, 5.74) is 3.07. The number of hydrogen-bond donors (Lipinski definition) is 2. The Hall–Kier alpha value is -1.74. The Bertz CT molecular complexity index is 689. The summed E-state index contributed by atoms with van der Waals surface area (Å²) in [6.45, 7) is 6.71. The van der Waals surface area contributed by atoms with Gasteiger partial charge in [-0.25, -0.2) is 0 Å². The van der Waals surface area contributed by atoms with Crippen molar-refractivity contribution in [2.45, 2.75) is 38.9 Å². The summed E-state index contributed by atoms with van der Waals surface area (Å²) >= 11 is 3.87. The van der Waals surface area contributed by atoms with Gasteiger partial charge in [-0.15, -0.1) is 22.7 Å². The summed E-state index contributed by atoms with van der Waals surface area (Å²) in [5, 5.41) is 18.4. The molecule has 148 valence electrons. The number of likely N-dealkylation sites (tertiary alicyclic amines) is 1. The van der Waals surface area contributed by atoms with E-state index in [0.717, 1.165) is 19.6 Å². The van der Waals surface area contributed by atoms with Gasteiger partial charge in [-0.1, -0.05) is 0 Å². The van der Waals surface area contributed by atoms with Gasteiger partial charge >= 0.3 is 0 Å². The lowest BCUT2D eigenvalue weighted by Gasteiger charge is -2.26. The van der Waals surface area contributed by atoms with Crippen LogP contribution in [0.5, 0.6) is 0 Å². The third kappa shape index (κ3) is 7.06. The maximum atomic E-state index is 8.36. The van der Waals surface area contributed by atoms with Gasteiger partial charge in [0.25, 0.3) is 12.9 Å². The zero-order valence-corrected chi connectivity index (χ0v) is 16.9. The topological polar surface area (TPSA) is 81.1 Å². The maximum absolute atomic E-state index is 8.36. The number of nitrogens with zero attached hydrogens (tertiary/aromatic N) is 2. The Morgan fingerprint density at radius 2 is 1.70 bits per heavy atom. The van der Waals surface area contributed by atoms with Crippen molar-refractivity contribution in [1.29, 1.82) is 0 Å². The number of rotatable bonds is 4. The van der Waals surface area contributed by atoms with Crippen LogP contribution in [0.3, 0.4) is 0 Å². The molecule has 2 aromatic heterocycles. The molecular formula is C19H26N2O4S2. The number of hydrogen-bond acceptors (Lipinski definition) is 6. The van der Waals surface area contributed by atoms with Crippen LogP contribution in [0.25, 0.3) is 0 Å². The Balaban J connectivity index is 0.000000389. The Morgan fingerprint density at radius 3 is 2.41 bits per heavy atom. The molecule has 1 fully saturated rings. The molecule has 0 unspecified atom stereocenters. The predicted molar refractivity (Wildman–Crippen MR) is 108 cm³/mol. The summed E-state index contributed by atoms with van der Waals surface area (Å²) < 4.78 is 0. The fraction of sp³-hybridized carbons (Fsp3) is 0.474. The van der Waals surface area contributed by atoms with Gasteiger partial charge in [-0.2, -0.15) is 0 Å². The lowest BCUT2D eigenvalue weighted by Crippen LogP contribution is -2.28. The van der Waals surface area contributed by atoms with Crippen molar-refractivity contribution >= 4 is 35.6 Å². The molecule has 2 aromatic rings. The SMILES string of the molecule is O=CO.O=CO.c1cc2c(s1)CCN(Cc1cc(CN3CCCC3)cs1)C2. The van der Waals surface area contributed by atoms with Crippen LogP contribution in [0.4, 0.5) is 0 Å². The van der Waals surface area contributed by atoms with Gasteiger partial charge in [0.05, 0.1) is 0 Å². The maximum Gasteiger partial charge on any atom is 0.290 e. The van der Waals surface area contributed by atoms with Gasteiger partial charge in [-0.05, 0) is 66.4 Å². The van der Waals surface area contributed by atoms with Crippen LogP contribution in [0.15, 0.2) is 22.9 Å². The van der Waals surface area contributed by atoms with Gasteiger partial charge in [0, 0.05) is 35.9 Å². The summed E-state index contributed by atoms with van der Waals surface area (Å²) in [7, 11) is 0. The minimum atomic E-state index is -0.250. The highest BCUT2D eigenvalue weighted by Gasteiger charge is 2.18. The first-order valence-corrected chi connectivity index (χ1v) is 10.7. The van der Waals surface area contributed by atoms with Crippen molar-refractivity contribution < 1.29 is 19.8 Å². The van der Waals surface area contributed by atoms with E-state index in [9.17, 15) is 0 Å². The third-order valence-electron chi connectivity index (χ3n) is 4.58. The molecule has 27 heavy (non-hydrogen) atoms. The molecule has 0 aromatic carbocycles. The second kappa shape index (κ2) is 11.9. The first kappa shape index (κ1) is 21.6. The fourth-order valence-electron chi connectivity index (χ4n) is 3.45. The molecule has 0 bridgehead atoms. The van der Waals surface area contributed by atoms with E-state index >= 15 is 0 Å². The van der Waals surface area contributed by atoms with Crippen molar-refractivity contribution in [3.63, 3.8) is 0 Å². The average Bonchev–Trinajstić information content (AvgIpc) is 3.39. The molecule has 0 spiro atoms. The largest absolute Gasteiger partial charge is 0.483 e. The monoisotopic (exact) mass is 410 g/mol. The van der Waals surface area contributed by atoms with Gasteiger partial charge < -0.3 is 10.2 Å². The van der Waals surface area contributed by atoms with E-state index in [1.54, 1.807) is 10.4 Å². The van der Waals surface area contributed by atoms with Gasteiger partial charge in [-0.3, -0.25) is 19.4 Å². The molecule has 1 saturated heterocycles. The minimum Gasteiger partial charge on any atom is -0.483 e. The third-order valence-corrected chi connectivity index (χ3v) is 6.57. The highest BCUT2D eigenvalue weighted by molar-refractivity contribution is 7.10. The summed E-state index contributed by atoms with van der Waals surface area (Å²) in [6.07, 6.45) is 4.00. The molecule has 0 radical (unpaired) electrons. The molecule has 2 aliphatic heterocycles. The zero-order valence-electron chi connectivity index (χ0n) is 15.2. The summed E-state index contributed by atoms with van der Waals surface area (Å²) in [5.74, 6) is 0. The Kier molecular flexibility index (Phi) is 9.47. The van der Waals surface area contributed by atoms with Crippen LogP contribution in [-0.4, -0.2) is 52.6 Å². The van der Waals surface area contributed by atoms with Crippen molar-refractivity contribution in [2.24, 2.45) is 0 Å². The van der Waals surface area contributed by atoms with Crippen LogP contribution < -0.4 is 0 Å². The highest BCUT2D eigenvalue weighted by Crippen LogP contribution is 2.26. The molecule has 4 heterocycles. The highest BCUT2D eigenvalue weighted by atomic mass is 32.1. The standard InChI is InChI=1S/C17H22N2S2.2CH2O2/c1-2-6-18(5-1)10-14-9-16(21-13-14)12-19-7-3-17-15(11-19)4-8-20-17;2*2-1-3/h4,8-9,13H,1-3,5-7,10-12H2;2*1H,(H,2,3). The number of carboxylic acid groups (broad SMARTS) is 2. The summed E-state index contributed by atoms with van der Waals surface area (Å²) in [6, 6.07) is 4.74. The van der Waals surface area contributed by atoms with E-state index < -0.39 is 0 Å². The molecule has 4 rings (SSSR count). The van der Waals surface area contributed by atoms with E-state index in [2.05, 4.69) is 32.7 Å². The molecule has 0 aliphatic carbocycles. The van der Waals surface area contributed by atoms with Crippen LogP contribution in [0, 0.1) is 0 Å². The van der Waals surface area contributed by atoms with Gasteiger partial charge in [0.15, 0.2) is 0 Å². The lowest BCUT2D eigenvalue weighted by atomic mass is 10.1. The Morgan fingerprint density at radius 1 is 1.00 bits per heavy atom. The second-order valence-electron chi connectivity index (χ2n) is 6.45. The molecule has 6 nitrogen and oxygen atoms in total.